The van der Waals surface area contributed by atoms with E-state index >= 15 is 0 Å². The minimum atomic E-state index is -0.407. The first-order chi connectivity index (χ1) is 9.63. The standard InChI is InChI=1S/C15H23FN2O2.ClH/c1-2-5-14(17)15(19)18-10-3-4-11-20-13-8-6-12(16)7-9-13;/h6-9,14H,2-5,10-11,17H2,1H3,(H,18,19);1H. The van der Waals surface area contributed by atoms with Gasteiger partial charge in [-0.25, -0.2) is 4.39 Å². The Morgan fingerprint density at radius 3 is 2.62 bits per heavy atom. The summed E-state index contributed by atoms with van der Waals surface area (Å²) in [4.78, 5) is 11.5. The van der Waals surface area contributed by atoms with Crippen molar-refractivity contribution in [2.45, 2.75) is 38.6 Å². The number of nitrogens with two attached hydrogens (primary N) is 1. The average Bonchev–Trinajstić information content (AvgIpc) is 2.44. The van der Waals surface area contributed by atoms with E-state index in [2.05, 4.69) is 5.32 Å². The van der Waals surface area contributed by atoms with E-state index in [1.807, 2.05) is 6.92 Å². The lowest BCUT2D eigenvalue weighted by Crippen LogP contribution is -2.40. The molecule has 0 aliphatic carbocycles. The third kappa shape index (κ3) is 8.52. The molecule has 4 nitrogen and oxygen atoms in total. The van der Waals surface area contributed by atoms with E-state index in [1.54, 1.807) is 12.1 Å². The van der Waals surface area contributed by atoms with E-state index in [9.17, 15) is 9.18 Å². The van der Waals surface area contributed by atoms with Crippen molar-refractivity contribution < 1.29 is 13.9 Å². The summed E-state index contributed by atoms with van der Waals surface area (Å²) >= 11 is 0. The summed E-state index contributed by atoms with van der Waals surface area (Å²) in [5, 5.41) is 2.80. The smallest absolute Gasteiger partial charge is 0.236 e. The molecule has 1 atom stereocenters. The van der Waals surface area contributed by atoms with E-state index in [0.29, 0.717) is 25.3 Å². The number of ether oxygens (including phenoxy) is 1. The highest BCUT2D eigenvalue weighted by Gasteiger charge is 2.10. The van der Waals surface area contributed by atoms with E-state index in [1.165, 1.54) is 12.1 Å². The molecule has 3 N–H and O–H groups in total. The molecule has 0 bridgehead atoms. The van der Waals surface area contributed by atoms with Gasteiger partial charge in [-0.15, -0.1) is 12.4 Å². The lowest BCUT2D eigenvalue weighted by molar-refractivity contribution is -0.122. The van der Waals surface area contributed by atoms with Crippen molar-refractivity contribution >= 4 is 18.3 Å². The van der Waals surface area contributed by atoms with Gasteiger partial charge in [0.1, 0.15) is 11.6 Å². The summed E-state index contributed by atoms with van der Waals surface area (Å²) in [6, 6.07) is 5.52. The molecule has 0 spiro atoms. The molecule has 0 aliphatic heterocycles. The molecule has 0 radical (unpaired) electrons. The largest absolute Gasteiger partial charge is 0.494 e. The number of unbranched alkanes of at least 4 members (excludes halogenated alkanes) is 1. The van der Waals surface area contributed by atoms with Gasteiger partial charge in [0.15, 0.2) is 0 Å². The van der Waals surface area contributed by atoms with Crippen LogP contribution in [0.4, 0.5) is 4.39 Å². The molecule has 1 amide bonds. The summed E-state index contributed by atoms with van der Waals surface area (Å²) in [7, 11) is 0. The lowest BCUT2D eigenvalue weighted by atomic mass is 10.1. The topological polar surface area (TPSA) is 64.4 Å². The highest BCUT2D eigenvalue weighted by atomic mass is 35.5. The zero-order chi connectivity index (χ0) is 14.8. The van der Waals surface area contributed by atoms with Crippen LogP contribution in [0.3, 0.4) is 0 Å². The number of rotatable bonds is 9. The first-order valence-electron chi connectivity index (χ1n) is 7.05. The van der Waals surface area contributed by atoms with Crippen molar-refractivity contribution in [2.75, 3.05) is 13.2 Å². The fourth-order valence-corrected chi connectivity index (χ4v) is 1.73. The Morgan fingerprint density at radius 1 is 1.33 bits per heavy atom. The predicted octanol–water partition coefficient (Wildman–Crippen LogP) is 2.65. The molecular weight excluding hydrogens is 295 g/mol. The number of amides is 1. The first kappa shape index (κ1) is 19.7. The second-order valence-electron chi connectivity index (χ2n) is 4.70. The molecular formula is C15H24ClFN2O2. The van der Waals surface area contributed by atoms with Gasteiger partial charge in [-0.1, -0.05) is 13.3 Å². The molecule has 0 aliphatic rings. The number of carbonyl (C=O) groups excluding carboxylic acids is 1. The minimum Gasteiger partial charge on any atom is -0.494 e. The second-order valence-corrected chi connectivity index (χ2v) is 4.70. The van der Waals surface area contributed by atoms with Gasteiger partial charge in [0.2, 0.25) is 5.91 Å². The Hall–Kier alpha value is -1.33. The van der Waals surface area contributed by atoms with Crippen LogP contribution in [0, 0.1) is 5.82 Å². The second kappa shape index (κ2) is 11.3. The predicted molar refractivity (Wildman–Crippen MR) is 84.3 cm³/mol. The molecule has 0 aromatic heterocycles. The van der Waals surface area contributed by atoms with E-state index in [4.69, 9.17) is 10.5 Å². The molecule has 0 fully saturated rings. The molecule has 0 saturated heterocycles. The number of carbonyl (C=O) groups is 1. The normalized spacial score (nSPS) is 11.4. The molecule has 21 heavy (non-hydrogen) atoms. The van der Waals surface area contributed by atoms with Crippen LogP contribution in [0.1, 0.15) is 32.6 Å². The third-order valence-electron chi connectivity index (χ3n) is 2.89. The number of halogens is 2. The van der Waals surface area contributed by atoms with Crippen molar-refractivity contribution in [2.24, 2.45) is 5.73 Å². The van der Waals surface area contributed by atoms with Crippen molar-refractivity contribution in [1.29, 1.82) is 0 Å². The maximum Gasteiger partial charge on any atom is 0.236 e. The molecule has 1 aromatic carbocycles. The highest BCUT2D eigenvalue weighted by molar-refractivity contribution is 5.85. The molecule has 0 heterocycles. The summed E-state index contributed by atoms with van der Waals surface area (Å²) in [6.07, 6.45) is 3.26. The van der Waals surface area contributed by atoms with Gasteiger partial charge in [0, 0.05) is 6.54 Å². The van der Waals surface area contributed by atoms with Gasteiger partial charge >= 0.3 is 0 Å². The maximum atomic E-state index is 12.7. The molecule has 6 heteroatoms. The summed E-state index contributed by atoms with van der Waals surface area (Å²) in [5.41, 5.74) is 5.69. The monoisotopic (exact) mass is 318 g/mol. The molecule has 1 rings (SSSR count). The number of benzene rings is 1. The van der Waals surface area contributed by atoms with Crippen molar-refractivity contribution in [3.8, 4) is 5.75 Å². The van der Waals surface area contributed by atoms with Crippen LogP contribution in [-0.4, -0.2) is 25.1 Å². The van der Waals surface area contributed by atoms with Crippen LogP contribution in [0.15, 0.2) is 24.3 Å². The zero-order valence-corrected chi connectivity index (χ0v) is 13.1. The van der Waals surface area contributed by atoms with Crippen LogP contribution < -0.4 is 15.8 Å². The van der Waals surface area contributed by atoms with Crippen molar-refractivity contribution in [1.82, 2.24) is 5.32 Å². The van der Waals surface area contributed by atoms with Gasteiger partial charge < -0.3 is 15.8 Å². The fraction of sp³-hybridized carbons (Fsp3) is 0.533. The average molecular weight is 319 g/mol. The summed E-state index contributed by atoms with van der Waals surface area (Å²) < 4.78 is 18.1. The van der Waals surface area contributed by atoms with Gasteiger partial charge in [-0.05, 0) is 43.5 Å². The number of nitrogens with one attached hydrogen (secondary N) is 1. The summed E-state index contributed by atoms with van der Waals surface area (Å²) in [6.45, 7) is 3.14. The Bertz CT molecular complexity index is 401. The van der Waals surface area contributed by atoms with Crippen LogP contribution >= 0.6 is 12.4 Å². The van der Waals surface area contributed by atoms with Crippen LogP contribution in [-0.2, 0) is 4.79 Å². The number of hydrogen-bond acceptors (Lipinski definition) is 3. The van der Waals surface area contributed by atoms with Gasteiger partial charge in [0.05, 0.1) is 12.6 Å². The van der Waals surface area contributed by atoms with Crippen molar-refractivity contribution in [3.63, 3.8) is 0 Å². The molecule has 0 saturated carbocycles. The SMILES string of the molecule is CCCC(N)C(=O)NCCCCOc1ccc(F)cc1.Cl. The van der Waals surface area contributed by atoms with Crippen LogP contribution in [0.5, 0.6) is 5.75 Å². The van der Waals surface area contributed by atoms with E-state index < -0.39 is 6.04 Å². The Balaban J connectivity index is 0.00000400. The third-order valence-corrected chi connectivity index (χ3v) is 2.89. The minimum absolute atomic E-state index is 0. The zero-order valence-electron chi connectivity index (χ0n) is 12.3. The van der Waals surface area contributed by atoms with Crippen molar-refractivity contribution in [3.05, 3.63) is 30.1 Å². The Morgan fingerprint density at radius 2 is 2.00 bits per heavy atom. The summed E-state index contributed by atoms with van der Waals surface area (Å²) in [5.74, 6) is 0.287. The Labute approximate surface area is 131 Å². The Kier molecular flexibility index (Phi) is 10.6. The first-order valence-corrected chi connectivity index (χ1v) is 7.05. The number of hydrogen-bond donors (Lipinski definition) is 2. The quantitative estimate of drug-likeness (QED) is 0.688. The molecule has 1 aromatic rings. The van der Waals surface area contributed by atoms with E-state index in [0.717, 1.165) is 19.3 Å². The fourth-order valence-electron chi connectivity index (χ4n) is 1.73. The lowest BCUT2D eigenvalue weighted by Gasteiger charge is -2.11. The van der Waals surface area contributed by atoms with Gasteiger partial charge in [-0.3, -0.25) is 4.79 Å². The van der Waals surface area contributed by atoms with Gasteiger partial charge in [0.25, 0.3) is 0 Å². The maximum absolute atomic E-state index is 12.7. The van der Waals surface area contributed by atoms with Crippen LogP contribution in [0.2, 0.25) is 0 Å². The van der Waals surface area contributed by atoms with Crippen LogP contribution in [0.25, 0.3) is 0 Å². The molecule has 120 valence electrons. The molecule has 1 unspecified atom stereocenters. The highest BCUT2D eigenvalue weighted by Crippen LogP contribution is 2.11. The van der Waals surface area contributed by atoms with E-state index in [-0.39, 0.29) is 24.1 Å². The van der Waals surface area contributed by atoms with Gasteiger partial charge in [-0.2, -0.15) is 0 Å².